The third kappa shape index (κ3) is 5.66. The van der Waals surface area contributed by atoms with Crippen LogP contribution in [0.25, 0.3) is 10.9 Å². The van der Waals surface area contributed by atoms with Gasteiger partial charge in [-0.15, -0.1) is 0 Å². The molecule has 0 radical (unpaired) electrons. The van der Waals surface area contributed by atoms with Crippen molar-refractivity contribution >= 4 is 47.1 Å². The molecule has 0 amide bonds. The Labute approximate surface area is 191 Å². The molecule has 2 heterocycles. The predicted molar refractivity (Wildman–Crippen MR) is 119 cm³/mol. The molecule has 0 N–H and O–H groups in total. The maximum absolute atomic E-state index is 13.5. The van der Waals surface area contributed by atoms with Crippen LogP contribution in [0.1, 0.15) is 12.8 Å². The number of fused-ring (bicyclic) bond motifs is 1. The molecule has 1 fully saturated rings. The van der Waals surface area contributed by atoms with Crippen LogP contribution < -0.4 is 18.3 Å². The molecule has 1 saturated heterocycles. The normalized spacial score (nSPS) is 15.1. The number of aromatic nitrogens is 2. The first-order valence-electron chi connectivity index (χ1n) is 10.0. The van der Waals surface area contributed by atoms with Crippen LogP contribution in [0, 0.1) is 5.82 Å². The first kappa shape index (κ1) is 22.3. The van der Waals surface area contributed by atoms with Crippen molar-refractivity contribution in [3.63, 3.8) is 0 Å². The van der Waals surface area contributed by atoms with Crippen LogP contribution >= 0.6 is 11.6 Å². The number of ether oxygens (including phenoxy) is 4. The Balaban J connectivity index is 1.68. The van der Waals surface area contributed by atoms with E-state index in [1.807, 2.05) is 12.1 Å². The Bertz CT molecular complexity index is 1050. The van der Waals surface area contributed by atoms with E-state index in [0.29, 0.717) is 37.9 Å². The molecule has 1 unspecified atom stereocenters. The second-order valence-corrected chi connectivity index (χ2v) is 10.2. The van der Waals surface area contributed by atoms with Crippen molar-refractivity contribution in [3.8, 4) is 11.5 Å². The molecular formula is C22H23AsClFN2O4. The van der Waals surface area contributed by atoms with Gasteiger partial charge in [0.05, 0.1) is 0 Å². The van der Waals surface area contributed by atoms with Crippen LogP contribution in [0.3, 0.4) is 0 Å². The minimum atomic E-state index is -0.861. The van der Waals surface area contributed by atoms with Gasteiger partial charge in [0.1, 0.15) is 0 Å². The Kier molecular flexibility index (Phi) is 7.62. The number of methoxy groups -OCH3 is 1. The topological polar surface area (TPSA) is 62.7 Å². The standard InChI is InChI=1S/C22H23AsClFN2O4/c1-28-8-9-30-20-12-19-16(11-21(20)31-15-4-6-29-7-5-15)22(27-13-26-19)23-14-2-3-18(25)17(24)10-14/h2-3,10-13,15,23H,4-9H2,1H3. The van der Waals surface area contributed by atoms with E-state index >= 15 is 0 Å². The van der Waals surface area contributed by atoms with Gasteiger partial charge in [-0.05, 0) is 0 Å². The van der Waals surface area contributed by atoms with Crippen LogP contribution in [0.2, 0.25) is 5.02 Å². The summed E-state index contributed by atoms with van der Waals surface area (Å²) in [7, 11) is 1.63. The number of benzene rings is 2. The molecule has 0 saturated carbocycles. The van der Waals surface area contributed by atoms with Crippen LogP contribution in [-0.4, -0.2) is 65.4 Å². The van der Waals surface area contributed by atoms with Gasteiger partial charge in [-0.2, -0.15) is 0 Å². The SMILES string of the molecule is COCCOc1cc2ncnc([AsH]c3ccc(F)c(Cl)c3)c2cc1OC1CCOCC1. The van der Waals surface area contributed by atoms with E-state index in [1.54, 1.807) is 25.6 Å². The van der Waals surface area contributed by atoms with E-state index < -0.39 is 21.6 Å². The maximum atomic E-state index is 13.5. The van der Waals surface area contributed by atoms with Gasteiger partial charge in [0.2, 0.25) is 0 Å². The van der Waals surface area contributed by atoms with Crippen LogP contribution in [0.4, 0.5) is 4.39 Å². The summed E-state index contributed by atoms with van der Waals surface area (Å²) in [5.74, 6) is 0.871. The number of hydrogen-bond acceptors (Lipinski definition) is 6. The van der Waals surface area contributed by atoms with Gasteiger partial charge in [-0.3, -0.25) is 0 Å². The number of halogens is 2. The fraction of sp³-hybridized carbons (Fsp3) is 0.364. The van der Waals surface area contributed by atoms with Gasteiger partial charge in [-0.1, -0.05) is 0 Å². The zero-order chi connectivity index (χ0) is 21.6. The van der Waals surface area contributed by atoms with E-state index in [0.717, 1.165) is 32.6 Å². The molecule has 2 aromatic carbocycles. The molecule has 3 aromatic rings. The molecule has 0 bridgehead atoms. The summed E-state index contributed by atoms with van der Waals surface area (Å²) >= 11 is 5.11. The Morgan fingerprint density at radius 2 is 1.97 bits per heavy atom. The summed E-state index contributed by atoms with van der Waals surface area (Å²) in [5.41, 5.74) is 0.772. The molecule has 164 valence electrons. The van der Waals surface area contributed by atoms with Gasteiger partial charge in [0.15, 0.2) is 0 Å². The minimum absolute atomic E-state index is 0.0657. The average molecular weight is 509 g/mol. The summed E-state index contributed by atoms with van der Waals surface area (Å²) in [5, 5.41) is 1.03. The molecular weight excluding hydrogens is 486 g/mol. The molecule has 1 aliphatic rings. The predicted octanol–water partition coefficient (Wildman–Crippen LogP) is 2.39. The van der Waals surface area contributed by atoms with Crippen molar-refractivity contribution in [2.24, 2.45) is 0 Å². The van der Waals surface area contributed by atoms with E-state index in [4.69, 9.17) is 30.5 Å². The van der Waals surface area contributed by atoms with Gasteiger partial charge in [0.25, 0.3) is 0 Å². The average Bonchev–Trinajstić information content (AvgIpc) is 2.78. The molecule has 1 aliphatic heterocycles. The third-order valence-electron chi connectivity index (χ3n) is 4.89. The summed E-state index contributed by atoms with van der Waals surface area (Å²) in [4.78, 5) is 8.95. The first-order chi connectivity index (χ1) is 15.1. The van der Waals surface area contributed by atoms with Crippen molar-refractivity contribution in [1.82, 2.24) is 9.97 Å². The van der Waals surface area contributed by atoms with Crippen molar-refractivity contribution < 1.29 is 23.3 Å². The van der Waals surface area contributed by atoms with E-state index in [2.05, 4.69) is 9.97 Å². The number of rotatable bonds is 8. The summed E-state index contributed by atoms with van der Waals surface area (Å²) in [6.07, 6.45) is 3.27. The fourth-order valence-corrected chi connectivity index (χ4v) is 6.00. The van der Waals surface area contributed by atoms with E-state index in [9.17, 15) is 4.39 Å². The Morgan fingerprint density at radius 1 is 1.13 bits per heavy atom. The van der Waals surface area contributed by atoms with Crippen molar-refractivity contribution in [2.75, 3.05) is 33.5 Å². The zero-order valence-corrected chi connectivity index (χ0v) is 19.9. The molecule has 0 aliphatic carbocycles. The Morgan fingerprint density at radius 3 is 2.74 bits per heavy atom. The third-order valence-corrected chi connectivity index (χ3v) is 7.77. The summed E-state index contributed by atoms with van der Waals surface area (Å²) < 4.78 is 38.2. The van der Waals surface area contributed by atoms with Crippen molar-refractivity contribution in [1.29, 1.82) is 0 Å². The molecule has 31 heavy (non-hydrogen) atoms. The molecule has 1 aromatic heterocycles. The van der Waals surface area contributed by atoms with Crippen molar-refractivity contribution in [2.45, 2.75) is 18.9 Å². The van der Waals surface area contributed by atoms with Crippen LogP contribution in [-0.2, 0) is 9.47 Å². The van der Waals surface area contributed by atoms with Gasteiger partial charge in [0, 0.05) is 0 Å². The van der Waals surface area contributed by atoms with Gasteiger partial charge >= 0.3 is 192 Å². The first-order valence-corrected chi connectivity index (χ1v) is 12.5. The van der Waals surface area contributed by atoms with Gasteiger partial charge in [-0.25, -0.2) is 0 Å². The van der Waals surface area contributed by atoms with Gasteiger partial charge < -0.3 is 0 Å². The molecule has 9 heteroatoms. The monoisotopic (exact) mass is 508 g/mol. The van der Waals surface area contributed by atoms with Crippen molar-refractivity contribution in [3.05, 3.63) is 47.5 Å². The van der Waals surface area contributed by atoms with Crippen LogP contribution in [0.15, 0.2) is 36.7 Å². The number of nitrogens with zero attached hydrogens (tertiary/aromatic N) is 2. The fourth-order valence-electron chi connectivity index (χ4n) is 3.29. The zero-order valence-electron chi connectivity index (χ0n) is 17.1. The van der Waals surface area contributed by atoms with E-state index in [1.165, 1.54) is 6.07 Å². The molecule has 6 nitrogen and oxygen atoms in total. The second-order valence-electron chi connectivity index (χ2n) is 7.06. The summed E-state index contributed by atoms with van der Waals surface area (Å²) in [6, 6.07) is 8.67. The molecule has 4 rings (SSSR count). The number of hydrogen-bond donors (Lipinski definition) is 0. The second kappa shape index (κ2) is 10.6. The van der Waals surface area contributed by atoms with E-state index in [-0.39, 0.29) is 11.1 Å². The molecule has 1 atom stereocenters. The quantitative estimate of drug-likeness (QED) is 0.344. The van der Waals surface area contributed by atoms with Crippen LogP contribution in [0.5, 0.6) is 11.5 Å². The molecule has 0 spiro atoms. The summed E-state index contributed by atoms with van der Waals surface area (Å²) in [6.45, 7) is 2.25. The Hall–Kier alpha value is -1.92.